The highest BCUT2D eigenvalue weighted by atomic mass is 32.1. The number of benzene rings is 10. The van der Waals surface area contributed by atoms with Gasteiger partial charge in [0.05, 0.1) is 5.41 Å². The van der Waals surface area contributed by atoms with Crippen LogP contribution in [0.15, 0.2) is 229 Å². The molecule has 2 heterocycles. The topological polar surface area (TPSA) is 16.4 Å². The monoisotopic (exact) mass is 807 g/mol. The van der Waals surface area contributed by atoms with Crippen molar-refractivity contribution in [3.63, 3.8) is 0 Å². The second kappa shape index (κ2) is 13.7. The van der Waals surface area contributed by atoms with E-state index in [-0.39, 0.29) is 0 Å². The largest absolute Gasteiger partial charge is 0.455 e. The Hall–Kier alpha value is -7.72. The van der Waals surface area contributed by atoms with Gasteiger partial charge in [0.1, 0.15) is 11.2 Å². The van der Waals surface area contributed by atoms with Gasteiger partial charge in [-0.25, -0.2) is 0 Å². The predicted octanol–water partition coefficient (Wildman–Crippen LogP) is 16.6. The lowest BCUT2D eigenvalue weighted by Crippen LogP contribution is -2.28. The molecule has 0 amide bonds. The molecule has 0 saturated heterocycles. The number of thiophene rings is 1. The molecule has 0 bridgehead atoms. The maximum Gasteiger partial charge on any atom is 0.143 e. The second-order valence-electron chi connectivity index (χ2n) is 16.4. The van der Waals surface area contributed by atoms with Crippen LogP contribution in [-0.2, 0) is 5.41 Å². The van der Waals surface area contributed by atoms with Gasteiger partial charge in [-0.05, 0) is 104 Å². The van der Waals surface area contributed by atoms with E-state index < -0.39 is 5.41 Å². The third-order valence-corrected chi connectivity index (χ3v) is 14.3. The Morgan fingerprint density at radius 3 is 1.82 bits per heavy atom. The van der Waals surface area contributed by atoms with Crippen LogP contribution in [0.1, 0.15) is 22.3 Å². The quantitative estimate of drug-likeness (QED) is 0.166. The predicted molar refractivity (Wildman–Crippen MR) is 262 cm³/mol. The standard InChI is InChI=1S/C59H37NOS/c1-3-15-40(16-4-1)59(41-17-5-2-6-18-41)52-23-11-9-20-47(52)48-34-31-43(36-53(48)59)60(44-32-35-50-49-21-10-12-25-55(49)62-56(50)37-44)42-29-26-39(27-30-42)45-22-13-24-54-57(45)51-33-28-38-14-7-8-19-46(38)58(51)61-54/h1-37H. The summed E-state index contributed by atoms with van der Waals surface area (Å²) < 4.78 is 9.17. The third-order valence-electron chi connectivity index (χ3n) is 13.1. The number of fused-ring (bicyclic) bond motifs is 11. The number of anilines is 3. The van der Waals surface area contributed by atoms with Crippen LogP contribution in [-0.4, -0.2) is 0 Å². The van der Waals surface area contributed by atoms with E-state index in [0.29, 0.717) is 0 Å². The smallest absolute Gasteiger partial charge is 0.143 e. The van der Waals surface area contributed by atoms with E-state index in [1.165, 1.54) is 58.9 Å². The molecule has 3 heteroatoms. The molecule has 1 aliphatic carbocycles. The normalized spacial score (nSPS) is 13.0. The molecule has 10 aromatic carbocycles. The zero-order valence-electron chi connectivity index (χ0n) is 33.6. The summed E-state index contributed by atoms with van der Waals surface area (Å²) in [6.45, 7) is 0. The average Bonchev–Trinajstić information content (AvgIpc) is 4.01. The summed E-state index contributed by atoms with van der Waals surface area (Å²) in [5.41, 5.74) is 14.6. The third kappa shape index (κ3) is 5.09. The van der Waals surface area contributed by atoms with Crippen molar-refractivity contribution in [2.24, 2.45) is 0 Å². The fourth-order valence-electron chi connectivity index (χ4n) is 10.5. The minimum atomic E-state index is -0.507. The first-order chi connectivity index (χ1) is 30.7. The summed E-state index contributed by atoms with van der Waals surface area (Å²) in [5.74, 6) is 0. The Kier molecular flexibility index (Phi) is 7.72. The van der Waals surface area contributed by atoms with Crippen LogP contribution >= 0.6 is 11.3 Å². The van der Waals surface area contributed by atoms with Gasteiger partial charge in [0.15, 0.2) is 0 Å². The van der Waals surface area contributed by atoms with Crippen molar-refractivity contribution >= 4 is 81.3 Å². The Morgan fingerprint density at radius 2 is 1.00 bits per heavy atom. The highest BCUT2D eigenvalue weighted by Gasteiger charge is 2.46. The van der Waals surface area contributed by atoms with Gasteiger partial charge in [0.25, 0.3) is 0 Å². The first-order valence-electron chi connectivity index (χ1n) is 21.2. The van der Waals surface area contributed by atoms with E-state index in [9.17, 15) is 0 Å². The molecule has 290 valence electrons. The molecule has 0 aliphatic heterocycles. The van der Waals surface area contributed by atoms with E-state index in [2.05, 4.69) is 229 Å². The van der Waals surface area contributed by atoms with Crippen molar-refractivity contribution in [3.05, 3.63) is 247 Å². The van der Waals surface area contributed by atoms with Crippen LogP contribution < -0.4 is 4.90 Å². The van der Waals surface area contributed by atoms with Gasteiger partial charge in [-0.3, -0.25) is 0 Å². The highest BCUT2D eigenvalue weighted by molar-refractivity contribution is 7.25. The van der Waals surface area contributed by atoms with Gasteiger partial charge in [-0.15, -0.1) is 11.3 Å². The summed E-state index contributed by atoms with van der Waals surface area (Å²) in [6.07, 6.45) is 0. The lowest BCUT2D eigenvalue weighted by Gasteiger charge is -2.35. The number of hydrogen-bond acceptors (Lipinski definition) is 3. The summed E-state index contributed by atoms with van der Waals surface area (Å²) in [6, 6.07) is 82.4. The summed E-state index contributed by atoms with van der Waals surface area (Å²) in [4.78, 5) is 2.44. The van der Waals surface area contributed by atoms with Crippen LogP contribution in [0.3, 0.4) is 0 Å². The molecule has 12 aromatic rings. The molecule has 62 heavy (non-hydrogen) atoms. The summed E-state index contributed by atoms with van der Waals surface area (Å²) in [5, 5.41) is 7.18. The zero-order chi connectivity index (χ0) is 40.8. The molecular formula is C59H37NOS. The molecule has 1 aliphatic rings. The van der Waals surface area contributed by atoms with Crippen molar-refractivity contribution in [1.82, 2.24) is 0 Å². The van der Waals surface area contributed by atoms with Crippen LogP contribution in [0.5, 0.6) is 0 Å². The van der Waals surface area contributed by atoms with E-state index in [1.54, 1.807) is 0 Å². The second-order valence-corrected chi connectivity index (χ2v) is 17.4. The summed E-state index contributed by atoms with van der Waals surface area (Å²) >= 11 is 1.86. The highest BCUT2D eigenvalue weighted by Crippen LogP contribution is 2.57. The van der Waals surface area contributed by atoms with Crippen LogP contribution in [0.4, 0.5) is 17.1 Å². The van der Waals surface area contributed by atoms with Crippen LogP contribution in [0.25, 0.3) is 75.1 Å². The Morgan fingerprint density at radius 1 is 0.387 bits per heavy atom. The number of hydrogen-bond donors (Lipinski definition) is 0. The molecule has 0 spiro atoms. The van der Waals surface area contributed by atoms with Gasteiger partial charge < -0.3 is 9.32 Å². The van der Waals surface area contributed by atoms with Gasteiger partial charge >= 0.3 is 0 Å². The molecule has 2 aromatic heterocycles. The molecule has 13 rings (SSSR count). The first-order valence-corrected chi connectivity index (χ1v) is 22.1. The molecule has 0 unspecified atom stereocenters. The number of rotatable bonds is 6. The van der Waals surface area contributed by atoms with E-state index in [1.807, 2.05) is 11.3 Å². The lowest BCUT2D eigenvalue weighted by molar-refractivity contribution is 0.673. The minimum absolute atomic E-state index is 0.507. The van der Waals surface area contributed by atoms with Crippen molar-refractivity contribution in [2.45, 2.75) is 5.41 Å². The molecular weight excluding hydrogens is 771 g/mol. The van der Waals surface area contributed by atoms with E-state index in [0.717, 1.165) is 55.5 Å². The lowest BCUT2D eigenvalue weighted by atomic mass is 9.67. The number of furan rings is 1. The van der Waals surface area contributed by atoms with Gasteiger partial charge in [-0.1, -0.05) is 170 Å². The molecule has 0 saturated carbocycles. The Bertz CT molecular complexity index is 3650. The van der Waals surface area contributed by atoms with E-state index in [4.69, 9.17) is 4.42 Å². The molecule has 2 nitrogen and oxygen atoms in total. The SMILES string of the molecule is c1ccc(C2(c3ccccc3)c3ccccc3-c3ccc(N(c4ccc(-c5cccc6oc7c8ccccc8ccc7c56)cc4)c4ccc5c(c4)sc4ccccc45)cc32)cc1. The zero-order valence-corrected chi connectivity index (χ0v) is 34.4. The Balaban J connectivity index is 1.02. The maximum absolute atomic E-state index is 6.60. The average molecular weight is 808 g/mol. The minimum Gasteiger partial charge on any atom is -0.455 e. The molecule has 0 radical (unpaired) electrons. The van der Waals surface area contributed by atoms with Crippen molar-refractivity contribution in [1.29, 1.82) is 0 Å². The molecule has 0 N–H and O–H groups in total. The van der Waals surface area contributed by atoms with Gasteiger partial charge in [0.2, 0.25) is 0 Å². The van der Waals surface area contributed by atoms with E-state index >= 15 is 0 Å². The van der Waals surface area contributed by atoms with Crippen molar-refractivity contribution < 1.29 is 4.42 Å². The fraction of sp³-hybridized carbons (Fsp3) is 0.0169. The molecule has 0 atom stereocenters. The van der Waals surface area contributed by atoms with Crippen LogP contribution in [0, 0.1) is 0 Å². The number of nitrogens with zero attached hydrogens (tertiary/aromatic N) is 1. The fourth-order valence-corrected chi connectivity index (χ4v) is 11.6. The van der Waals surface area contributed by atoms with Crippen LogP contribution in [0.2, 0.25) is 0 Å². The van der Waals surface area contributed by atoms with Gasteiger partial charge in [-0.2, -0.15) is 0 Å². The van der Waals surface area contributed by atoms with Crippen molar-refractivity contribution in [3.8, 4) is 22.3 Å². The maximum atomic E-state index is 6.60. The molecule has 0 fully saturated rings. The van der Waals surface area contributed by atoms with Crippen molar-refractivity contribution in [2.75, 3.05) is 4.90 Å². The summed E-state index contributed by atoms with van der Waals surface area (Å²) in [7, 11) is 0. The first kappa shape index (κ1) is 35.1. The van der Waals surface area contributed by atoms with Gasteiger partial charge in [0, 0.05) is 53.4 Å². The Labute approximate surface area is 363 Å².